The molecule has 0 unspecified atom stereocenters. The van der Waals surface area contributed by atoms with Crippen LogP contribution in [0.25, 0.3) is 21.7 Å². The first-order valence-electron chi connectivity index (χ1n) is 11.2. The molecule has 0 spiro atoms. The number of rotatable bonds is 8. The number of nitrogens with one attached hydrogen (secondary N) is 1. The number of benzene rings is 3. The second kappa shape index (κ2) is 11.5. The van der Waals surface area contributed by atoms with E-state index in [2.05, 4.69) is 20.3 Å². The predicted molar refractivity (Wildman–Crippen MR) is 134 cm³/mol. The van der Waals surface area contributed by atoms with E-state index < -0.39 is 5.91 Å². The topological polar surface area (TPSA) is 121 Å². The second-order valence-electron chi connectivity index (χ2n) is 7.96. The minimum atomic E-state index is -0.669. The molecule has 3 aromatic carbocycles. The Hall–Kier alpha value is -4.88. The third-order valence-corrected chi connectivity index (χ3v) is 5.44. The van der Waals surface area contributed by atoms with E-state index in [0.717, 1.165) is 5.56 Å². The summed E-state index contributed by atoms with van der Waals surface area (Å²) in [5.74, 6) is -0.959. The molecule has 2 amide bonds. The van der Waals surface area contributed by atoms with E-state index in [4.69, 9.17) is 10.5 Å². The first-order chi connectivity index (χ1) is 17.5. The van der Waals surface area contributed by atoms with Gasteiger partial charge in [0.1, 0.15) is 5.82 Å². The molecule has 0 fully saturated rings. The highest BCUT2D eigenvalue weighted by Gasteiger charge is 2.14. The molecule has 8 nitrogen and oxygen atoms in total. The van der Waals surface area contributed by atoms with Crippen molar-refractivity contribution in [2.45, 2.75) is 19.3 Å². The minimum absolute atomic E-state index is 0.0719. The molecule has 36 heavy (non-hydrogen) atoms. The predicted octanol–water partition coefficient (Wildman–Crippen LogP) is 5.70. The van der Waals surface area contributed by atoms with Crippen molar-refractivity contribution < 1.29 is 14.0 Å². The van der Waals surface area contributed by atoms with E-state index >= 15 is 0 Å². The summed E-state index contributed by atoms with van der Waals surface area (Å²) in [5, 5.41) is 5.92. The standard InChI is InChI=1S/C27H21FN6O2/c28-22-13-6-19(7-14-22)16-25(35)32-26-23(15-8-18-4-2-1-3-5-18)31-24(17-30-26)20-9-11-21(12-10-20)27(36)33-34-29/h1-7,9-14,17H,8,15-16H2,(H,30,32,35). The number of hydrogen-bond acceptors (Lipinski definition) is 4. The Balaban J connectivity index is 1.57. The molecule has 1 heterocycles. The van der Waals surface area contributed by atoms with Crippen LogP contribution in [0.4, 0.5) is 10.2 Å². The van der Waals surface area contributed by atoms with Gasteiger partial charge in [-0.25, -0.2) is 14.4 Å². The van der Waals surface area contributed by atoms with Crippen molar-refractivity contribution in [3.63, 3.8) is 0 Å². The number of carbonyl (C=O) groups excluding carboxylic acids is 2. The molecule has 1 aromatic heterocycles. The summed E-state index contributed by atoms with van der Waals surface area (Å²) in [6, 6.07) is 22.1. The first-order valence-corrected chi connectivity index (χ1v) is 11.2. The molecule has 9 heteroatoms. The van der Waals surface area contributed by atoms with E-state index in [9.17, 15) is 14.0 Å². The Morgan fingerprint density at radius 1 is 0.917 bits per heavy atom. The number of carbonyl (C=O) groups is 2. The molecule has 0 aliphatic heterocycles. The lowest BCUT2D eigenvalue weighted by Crippen LogP contribution is -2.18. The molecular formula is C27H21FN6O2. The third-order valence-electron chi connectivity index (χ3n) is 5.44. The van der Waals surface area contributed by atoms with Gasteiger partial charge in [0.2, 0.25) is 11.8 Å². The summed E-state index contributed by atoms with van der Waals surface area (Å²) in [4.78, 5) is 36.1. The van der Waals surface area contributed by atoms with Crippen LogP contribution in [0.5, 0.6) is 0 Å². The summed E-state index contributed by atoms with van der Waals surface area (Å²) < 4.78 is 13.2. The number of anilines is 1. The SMILES string of the molecule is [N-]=[N+]=NC(=O)c1ccc(-c2cnc(NC(=O)Cc3ccc(F)cc3)c(CCc3ccccc3)n2)cc1. The van der Waals surface area contributed by atoms with Gasteiger partial charge in [-0.1, -0.05) is 66.7 Å². The lowest BCUT2D eigenvalue weighted by molar-refractivity contribution is -0.115. The van der Waals surface area contributed by atoms with Gasteiger partial charge in [0.15, 0.2) is 5.82 Å². The van der Waals surface area contributed by atoms with Crippen LogP contribution in [-0.4, -0.2) is 21.8 Å². The van der Waals surface area contributed by atoms with Crippen LogP contribution >= 0.6 is 0 Å². The summed E-state index contributed by atoms with van der Waals surface area (Å²) in [5.41, 5.74) is 12.4. The molecule has 0 saturated carbocycles. The van der Waals surface area contributed by atoms with E-state index in [0.29, 0.717) is 41.2 Å². The Kier molecular flexibility index (Phi) is 7.75. The molecule has 0 bridgehead atoms. The van der Waals surface area contributed by atoms with Crippen molar-refractivity contribution in [1.82, 2.24) is 9.97 Å². The van der Waals surface area contributed by atoms with E-state index in [1.807, 2.05) is 30.3 Å². The Morgan fingerprint density at radius 2 is 1.64 bits per heavy atom. The van der Waals surface area contributed by atoms with Gasteiger partial charge in [-0.2, -0.15) is 0 Å². The fourth-order valence-electron chi connectivity index (χ4n) is 3.60. The monoisotopic (exact) mass is 480 g/mol. The number of hydrogen-bond donors (Lipinski definition) is 1. The maximum absolute atomic E-state index is 13.2. The maximum Gasteiger partial charge on any atom is 0.249 e. The first kappa shape index (κ1) is 24.3. The van der Waals surface area contributed by atoms with Gasteiger partial charge in [-0.15, -0.1) is 0 Å². The molecular weight excluding hydrogens is 459 g/mol. The van der Waals surface area contributed by atoms with Gasteiger partial charge in [0.25, 0.3) is 0 Å². The smallest absolute Gasteiger partial charge is 0.249 e. The molecule has 178 valence electrons. The van der Waals surface area contributed by atoms with Gasteiger partial charge in [-0.3, -0.25) is 9.59 Å². The van der Waals surface area contributed by atoms with Crippen molar-refractivity contribution in [1.29, 1.82) is 0 Å². The summed E-state index contributed by atoms with van der Waals surface area (Å²) >= 11 is 0. The van der Waals surface area contributed by atoms with E-state index in [1.165, 1.54) is 12.1 Å². The highest BCUT2D eigenvalue weighted by atomic mass is 19.1. The van der Waals surface area contributed by atoms with Crippen LogP contribution in [0.1, 0.15) is 27.2 Å². The zero-order valence-electron chi connectivity index (χ0n) is 19.1. The number of aromatic nitrogens is 2. The summed E-state index contributed by atoms with van der Waals surface area (Å²) in [6.07, 6.45) is 2.84. The number of nitrogens with zero attached hydrogens (tertiary/aromatic N) is 5. The molecule has 4 aromatic rings. The lowest BCUT2D eigenvalue weighted by Gasteiger charge is -2.12. The third kappa shape index (κ3) is 6.37. The molecule has 0 aliphatic rings. The zero-order chi connectivity index (χ0) is 25.3. The molecule has 0 aliphatic carbocycles. The van der Waals surface area contributed by atoms with Crippen molar-refractivity contribution in [3.05, 3.63) is 124 Å². The summed E-state index contributed by atoms with van der Waals surface area (Å²) in [7, 11) is 0. The van der Waals surface area contributed by atoms with Gasteiger partial charge in [0.05, 0.1) is 24.0 Å². The molecule has 0 saturated heterocycles. The van der Waals surface area contributed by atoms with Gasteiger partial charge in [0, 0.05) is 16.0 Å². The zero-order valence-corrected chi connectivity index (χ0v) is 19.1. The highest BCUT2D eigenvalue weighted by molar-refractivity contribution is 5.95. The fraction of sp³-hybridized carbons (Fsp3) is 0.111. The number of aryl methyl sites for hydroxylation is 2. The van der Waals surface area contributed by atoms with Crippen LogP contribution in [0.2, 0.25) is 0 Å². The number of halogens is 1. The average Bonchev–Trinajstić information content (AvgIpc) is 2.90. The molecule has 1 N–H and O–H groups in total. The van der Waals surface area contributed by atoms with Crippen molar-refractivity contribution in [2.75, 3.05) is 5.32 Å². The van der Waals surface area contributed by atoms with Crippen LogP contribution in [0.15, 0.2) is 90.2 Å². The van der Waals surface area contributed by atoms with Gasteiger partial charge < -0.3 is 5.32 Å². The van der Waals surface area contributed by atoms with Gasteiger partial charge >= 0.3 is 0 Å². The quantitative estimate of drug-likeness (QED) is 0.197. The molecule has 0 atom stereocenters. The molecule has 0 radical (unpaired) electrons. The largest absolute Gasteiger partial charge is 0.309 e. The van der Waals surface area contributed by atoms with Crippen LogP contribution in [-0.2, 0) is 24.1 Å². The second-order valence-corrected chi connectivity index (χ2v) is 7.96. The molecule has 4 rings (SSSR count). The van der Waals surface area contributed by atoms with Crippen LogP contribution in [0.3, 0.4) is 0 Å². The van der Waals surface area contributed by atoms with Crippen LogP contribution in [0, 0.1) is 5.82 Å². The normalized spacial score (nSPS) is 10.4. The van der Waals surface area contributed by atoms with E-state index in [1.54, 1.807) is 42.6 Å². The van der Waals surface area contributed by atoms with Crippen molar-refractivity contribution in [2.24, 2.45) is 5.11 Å². The highest BCUT2D eigenvalue weighted by Crippen LogP contribution is 2.22. The minimum Gasteiger partial charge on any atom is -0.309 e. The fourth-order valence-corrected chi connectivity index (χ4v) is 3.60. The van der Waals surface area contributed by atoms with Crippen molar-refractivity contribution in [3.8, 4) is 11.3 Å². The number of amides is 2. The van der Waals surface area contributed by atoms with Crippen molar-refractivity contribution >= 4 is 17.6 Å². The Labute approximate surface area is 206 Å². The lowest BCUT2D eigenvalue weighted by atomic mass is 10.1. The average molecular weight is 481 g/mol. The van der Waals surface area contributed by atoms with E-state index in [-0.39, 0.29) is 23.7 Å². The van der Waals surface area contributed by atoms with Gasteiger partial charge in [-0.05, 0) is 46.7 Å². The Bertz CT molecular complexity index is 1420. The summed E-state index contributed by atoms with van der Waals surface area (Å²) in [6.45, 7) is 0. The number of azide groups is 1. The maximum atomic E-state index is 13.2. The Morgan fingerprint density at radius 3 is 2.33 bits per heavy atom. The van der Waals surface area contributed by atoms with Crippen LogP contribution < -0.4 is 5.32 Å².